The number of hydrogen-bond donors (Lipinski definition) is 0. The molecule has 2 aromatic carbocycles. The van der Waals surface area contributed by atoms with Crippen molar-refractivity contribution in [2.24, 2.45) is 0 Å². The molecule has 4 heteroatoms. The Balaban J connectivity index is 1.32. The van der Waals surface area contributed by atoms with Crippen molar-refractivity contribution in [2.75, 3.05) is 6.79 Å². The van der Waals surface area contributed by atoms with E-state index in [1.54, 1.807) is 0 Å². The third-order valence-corrected chi connectivity index (χ3v) is 5.45. The summed E-state index contributed by atoms with van der Waals surface area (Å²) in [7, 11) is 0. The molecule has 1 unspecified atom stereocenters. The molecule has 0 radical (unpaired) electrons. The molecule has 26 heavy (non-hydrogen) atoms. The van der Waals surface area contributed by atoms with E-state index >= 15 is 0 Å². The van der Waals surface area contributed by atoms with Gasteiger partial charge < -0.3 is 14.2 Å². The Morgan fingerprint density at radius 2 is 1.85 bits per heavy atom. The van der Waals surface area contributed by atoms with E-state index in [1.807, 2.05) is 30.3 Å². The van der Waals surface area contributed by atoms with E-state index in [0.717, 1.165) is 30.6 Å². The van der Waals surface area contributed by atoms with Crippen LogP contribution >= 0.6 is 0 Å². The first-order valence-electron chi connectivity index (χ1n) is 9.26. The van der Waals surface area contributed by atoms with E-state index in [1.165, 1.54) is 5.56 Å². The average molecular weight is 352 g/mol. The van der Waals surface area contributed by atoms with E-state index in [4.69, 9.17) is 14.2 Å². The normalized spacial score (nSPS) is 25.1. The standard InChI is InChI=1S/C22H24O4/c23-19-11-13-22(21(14-19)25-16-26-22)12-10-17-6-8-20(9-7-17)24-15-18-4-2-1-3-5-18/h1-9,21H,10-16H2/t21?,22-/m0/s1. The van der Waals surface area contributed by atoms with E-state index in [0.29, 0.717) is 26.2 Å². The zero-order valence-electron chi connectivity index (χ0n) is 14.9. The Kier molecular flexibility index (Phi) is 5.05. The van der Waals surface area contributed by atoms with Crippen LogP contribution in [0.2, 0.25) is 0 Å². The molecule has 1 heterocycles. The topological polar surface area (TPSA) is 44.8 Å². The molecule has 136 valence electrons. The summed E-state index contributed by atoms with van der Waals surface area (Å²) in [6.45, 7) is 0.883. The molecular weight excluding hydrogens is 328 g/mol. The van der Waals surface area contributed by atoms with Crippen LogP contribution in [0, 0.1) is 0 Å². The number of ether oxygens (including phenoxy) is 3. The molecule has 1 aliphatic carbocycles. The molecule has 1 aliphatic heterocycles. The van der Waals surface area contributed by atoms with E-state index < -0.39 is 0 Å². The number of aryl methyl sites for hydroxylation is 1. The third kappa shape index (κ3) is 3.81. The SMILES string of the molecule is O=C1CC[C@]2(CCc3ccc(OCc4ccccc4)cc3)OCOC2C1. The van der Waals surface area contributed by atoms with Crippen LogP contribution in [0.5, 0.6) is 5.75 Å². The summed E-state index contributed by atoms with van der Waals surface area (Å²) in [5, 5.41) is 0. The molecule has 0 aromatic heterocycles. The molecular formula is C22H24O4. The highest BCUT2D eigenvalue weighted by Gasteiger charge is 2.48. The monoisotopic (exact) mass is 352 g/mol. The van der Waals surface area contributed by atoms with Crippen molar-refractivity contribution in [3.63, 3.8) is 0 Å². The van der Waals surface area contributed by atoms with Crippen LogP contribution in [-0.2, 0) is 27.3 Å². The van der Waals surface area contributed by atoms with Gasteiger partial charge in [0.15, 0.2) is 0 Å². The highest BCUT2D eigenvalue weighted by atomic mass is 16.7. The lowest BCUT2D eigenvalue weighted by Crippen LogP contribution is -2.45. The summed E-state index contributed by atoms with van der Waals surface area (Å²) in [6, 6.07) is 18.4. The summed E-state index contributed by atoms with van der Waals surface area (Å²) >= 11 is 0. The lowest BCUT2D eigenvalue weighted by molar-refractivity contribution is -0.127. The van der Waals surface area contributed by atoms with Crippen molar-refractivity contribution < 1.29 is 19.0 Å². The van der Waals surface area contributed by atoms with Crippen molar-refractivity contribution in [1.29, 1.82) is 0 Å². The van der Waals surface area contributed by atoms with Crippen LogP contribution in [0.4, 0.5) is 0 Å². The Hall–Kier alpha value is -2.17. The smallest absolute Gasteiger partial charge is 0.148 e. The number of carbonyl (C=O) groups is 1. The molecule has 1 saturated carbocycles. The van der Waals surface area contributed by atoms with Gasteiger partial charge in [0.05, 0.1) is 11.7 Å². The van der Waals surface area contributed by atoms with Crippen LogP contribution in [0.1, 0.15) is 36.8 Å². The van der Waals surface area contributed by atoms with Crippen LogP contribution < -0.4 is 4.74 Å². The molecule has 2 atom stereocenters. The maximum Gasteiger partial charge on any atom is 0.148 e. The number of Topliss-reactive ketones (excluding diaryl/α,β-unsaturated/α-hetero) is 1. The van der Waals surface area contributed by atoms with Crippen LogP contribution in [0.3, 0.4) is 0 Å². The van der Waals surface area contributed by atoms with Crippen LogP contribution in [0.15, 0.2) is 54.6 Å². The molecule has 2 fully saturated rings. The maximum atomic E-state index is 11.7. The van der Waals surface area contributed by atoms with Gasteiger partial charge >= 0.3 is 0 Å². The number of ketones is 1. The van der Waals surface area contributed by atoms with Crippen LogP contribution in [0.25, 0.3) is 0 Å². The maximum absolute atomic E-state index is 11.7. The number of benzene rings is 2. The summed E-state index contributed by atoms with van der Waals surface area (Å²) < 4.78 is 17.4. The second-order valence-corrected chi connectivity index (χ2v) is 7.14. The fourth-order valence-electron chi connectivity index (χ4n) is 3.82. The van der Waals surface area contributed by atoms with Crippen molar-refractivity contribution in [3.8, 4) is 5.75 Å². The Bertz CT molecular complexity index is 740. The number of hydrogen-bond acceptors (Lipinski definition) is 4. The van der Waals surface area contributed by atoms with Crippen molar-refractivity contribution >= 4 is 5.78 Å². The minimum atomic E-state index is -0.281. The molecule has 0 bridgehead atoms. The summed E-state index contributed by atoms with van der Waals surface area (Å²) in [6.07, 6.45) is 3.59. The second kappa shape index (κ2) is 7.60. The van der Waals surface area contributed by atoms with Gasteiger partial charge in [0, 0.05) is 12.8 Å². The second-order valence-electron chi connectivity index (χ2n) is 7.14. The molecule has 4 rings (SSSR count). The Morgan fingerprint density at radius 3 is 2.65 bits per heavy atom. The van der Waals surface area contributed by atoms with Gasteiger partial charge in [0.2, 0.25) is 0 Å². The lowest BCUT2D eigenvalue weighted by atomic mass is 9.78. The van der Waals surface area contributed by atoms with Gasteiger partial charge in [-0.2, -0.15) is 0 Å². The van der Waals surface area contributed by atoms with Gasteiger partial charge in [0.25, 0.3) is 0 Å². The number of rotatable bonds is 6. The third-order valence-electron chi connectivity index (χ3n) is 5.45. The molecule has 2 aromatic rings. The lowest BCUT2D eigenvalue weighted by Gasteiger charge is -2.35. The molecule has 4 nitrogen and oxygen atoms in total. The molecule has 2 aliphatic rings. The number of fused-ring (bicyclic) bond motifs is 1. The first-order valence-corrected chi connectivity index (χ1v) is 9.26. The Labute approximate surface area is 154 Å². The van der Waals surface area contributed by atoms with Gasteiger partial charge in [-0.3, -0.25) is 4.79 Å². The average Bonchev–Trinajstić information content (AvgIpc) is 3.10. The predicted octanol–water partition coefficient (Wildman–Crippen LogP) is 4.06. The van der Waals surface area contributed by atoms with Crippen LogP contribution in [-0.4, -0.2) is 24.3 Å². The fourth-order valence-corrected chi connectivity index (χ4v) is 3.82. The minimum Gasteiger partial charge on any atom is -0.489 e. The highest BCUT2D eigenvalue weighted by Crippen LogP contribution is 2.40. The largest absolute Gasteiger partial charge is 0.489 e. The molecule has 0 amide bonds. The molecule has 0 N–H and O–H groups in total. The molecule has 0 spiro atoms. The minimum absolute atomic E-state index is 0.0720. The van der Waals surface area contributed by atoms with Gasteiger partial charge in [-0.1, -0.05) is 42.5 Å². The number of carbonyl (C=O) groups excluding carboxylic acids is 1. The molecule has 1 saturated heterocycles. The summed E-state index contributed by atoms with van der Waals surface area (Å²) in [5.41, 5.74) is 2.13. The van der Waals surface area contributed by atoms with Gasteiger partial charge in [0.1, 0.15) is 24.9 Å². The van der Waals surface area contributed by atoms with E-state index in [9.17, 15) is 4.79 Å². The first kappa shape index (κ1) is 17.3. The summed E-state index contributed by atoms with van der Waals surface area (Å²) in [5.74, 6) is 1.16. The highest BCUT2D eigenvalue weighted by molar-refractivity contribution is 5.80. The predicted molar refractivity (Wildman–Crippen MR) is 98.0 cm³/mol. The van der Waals surface area contributed by atoms with Crippen molar-refractivity contribution in [3.05, 3.63) is 65.7 Å². The van der Waals surface area contributed by atoms with Gasteiger partial charge in [-0.15, -0.1) is 0 Å². The van der Waals surface area contributed by atoms with E-state index in [-0.39, 0.29) is 17.5 Å². The fraction of sp³-hybridized carbons (Fsp3) is 0.409. The Morgan fingerprint density at radius 1 is 1.04 bits per heavy atom. The quantitative estimate of drug-likeness (QED) is 0.786. The zero-order valence-corrected chi connectivity index (χ0v) is 14.9. The van der Waals surface area contributed by atoms with E-state index in [2.05, 4.69) is 24.3 Å². The summed E-state index contributed by atoms with van der Waals surface area (Å²) in [4.78, 5) is 11.7. The van der Waals surface area contributed by atoms with Crippen molar-refractivity contribution in [1.82, 2.24) is 0 Å². The zero-order chi connectivity index (χ0) is 17.8. The first-order chi connectivity index (χ1) is 12.7. The van der Waals surface area contributed by atoms with Gasteiger partial charge in [-0.05, 0) is 42.5 Å². The van der Waals surface area contributed by atoms with Crippen molar-refractivity contribution in [2.45, 2.75) is 50.4 Å². The van der Waals surface area contributed by atoms with Gasteiger partial charge in [-0.25, -0.2) is 0 Å².